The number of amides is 1. The minimum absolute atomic E-state index is 0.0123. The molecule has 0 aliphatic rings. The molecule has 1 rings (SSSR count). The lowest BCUT2D eigenvalue weighted by atomic mass is 10.0. The Hall–Kier alpha value is -0.710. The molecule has 0 spiro atoms. The van der Waals surface area contributed by atoms with Gasteiger partial charge in [0.15, 0.2) is 0 Å². The zero-order valence-electron chi connectivity index (χ0n) is 11.9. The molecule has 0 saturated heterocycles. The number of aliphatic hydroxyl groups excluding tert-OH is 1. The maximum Gasteiger partial charge on any atom is 0.221 e. The molecule has 1 unspecified atom stereocenters. The first kappa shape index (κ1) is 17.3. The lowest BCUT2D eigenvalue weighted by Gasteiger charge is -2.18. The molecule has 1 amide bonds. The molecule has 5 heteroatoms. The number of carbonyl (C=O) groups excluding carboxylic acids is 1. The SMILES string of the molecule is CC(C)CC(CO)NC(=O)CCSc1ccccc1Cl. The standard InChI is InChI=1S/C15H22ClNO2S/c1-11(2)9-12(10-18)17-15(19)7-8-20-14-6-4-3-5-13(14)16/h3-6,11-12,18H,7-10H2,1-2H3,(H,17,19). The van der Waals surface area contributed by atoms with Gasteiger partial charge in [0, 0.05) is 17.1 Å². The van der Waals surface area contributed by atoms with Crippen LogP contribution in [0.15, 0.2) is 29.2 Å². The number of rotatable bonds is 8. The van der Waals surface area contributed by atoms with Crippen molar-refractivity contribution in [3.05, 3.63) is 29.3 Å². The molecule has 0 bridgehead atoms. The van der Waals surface area contributed by atoms with Crippen LogP contribution in [-0.4, -0.2) is 29.4 Å². The van der Waals surface area contributed by atoms with Crippen LogP contribution in [0.1, 0.15) is 26.7 Å². The number of halogens is 1. The largest absolute Gasteiger partial charge is 0.394 e. The van der Waals surface area contributed by atoms with Crippen LogP contribution in [0.25, 0.3) is 0 Å². The first-order chi connectivity index (χ1) is 9.52. The van der Waals surface area contributed by atoms with Crippen LogP contribution in [0.3, 0.4) is 0 Å². The van der Waals surface area contributed by atoms with Gasteiger partial charge in [-0.25, -0.2) is 0 Å². The number of benzene rings is 1. The molecule has 1 atom stereocenters. The van der Waals surface area contributed by atoms with E-state index < -0.39 is 0 Å². The Bertz CT molecular complexity index is 426. The summed E-state index contributed by atoms with van der Waals surface area (Å²) >= 11 is 7.62. The van der Waals surface area contributed by atoms with Gasteiger partial charge in [-0.3, -0.25) is 4.79 Å². The summed E-state index contributed by atoms with van der Waals surface area (Å²) in [6.45, 7) is 4.13. The summed E-state index contributed by atoms with van der Waals surface area (Å²) in [5.41, 5.74) is 0. The van der Waals surface area contributed by atoms with Gasteiger partial charge in [-0.1, -0.05) is 37.6 Å². The highest BCUT2D eigenvalue weighted by molar-refractivity contribution is 7.99. The van der Waals surface area contributed by atoms with Crippen molar-refractivity contribution in [2.75, 3.05) is 12.4 Å². The molecule has 3 nitrogen and oxygen atoms in total. The van der Waals surface area contributed by atoms with E-state index in [0.717, 1.165) is 11.3 Å². The second-order valence-electron chi connectivity index (χ2n) is 5.11. The molecule has 1 aromatic carbocycles. The van der Waals surface area contributed by atoms with Crippen molar-refractivity contribution in [2.45, 2.75) is 37.6 Å². The van der Waals surface area contributed by atoms with E-state index in [9.17, 15) is 9.90 Å². The molecule has 0 aliphatic heterocycles. The Kier molecular flexibility index (Phi) is 8.04. The number of hydrogen-bond acceptors (Lipinski definition) is 3. The lowest BCUT2D eigenvalue weighted by Crippen LogP contribution is -2.38. The van der Waals surface area contributed by atoms with E-state index in [1.165, 1.54) is 0 Å². The van der Waals surface area contributed by atoms with Gasteiger partial charge in [0.1, 0.15) is 0 Å². The van der Waals surface area contributed by atoms with Gasteiger partial charge >= 0.3 is 0 Å². The van der Waals surface area contributed by atoms with Gasteiger partial charge in [-0.2, -0.15) is 0 Å². The summed E-state index contributed by atoms with van der Waals surface area (Å²) in [4.78, 5) is 12.8. The zero-order chi connectivity index (χ0) is 15.0. The molecule has 0 fully saturated rings. The van der Waals surface area contributed by atoms with E-state index in [-0.39, 0.29) is 18.6 Å². The third-order valence-electron chi connectivity index (χ3n) is 2.76. The molecule has 2 N–H and O–H groups in total. The van der Waals surface area contributed by atoms with E-state index in [1.54, 1.807) is 11.8 Å². The average Bonchev–Trinajstić information content (AvgIpc) is 2.39. The van der Waals surface area contributed by atoms with E-state index in [0.29, 0.717) is 23.1 Å². The van der Waals surface area contributed by atoms with Crippen molar-refractivity contribution in [1.82, 2.24) is 5.32 Å². The summed E-state index contributed by atoms with van der Waals surface area (Å²) in [7, 11) is 0. The summed E-state index contributed by atoms with van der Waals surface area (Å²) < 4.78 is 0. The Labute approximate surface area is 130 Å². The number of nitrogens with one attached hydrogen (secondary N) is 1. The third kappa shape index (κ3) is 6.64. The van der Waals surface area contributed by atoms with Crippen LogP contribution < -0.4 is 5.32 Å². The van der Waals surface area contributed by atoms with Crippen molar-refractivity contribution in [2.24, 2.45) is 5.92 Å². The fourth-order valence-electron chi connectivity index (χ4n) is 1.86. The first-order valence-electron chi connectivity index (χ1n) is 6.80. The molecule has 0 saturated carbocycles. The van der Waals surface area contributed by atoms with Crippen LogP contribution in [-0.2, 0) is 4.79 Å². The summed E-state index contributed by atoms with van der Waals surface area (Å²) in [5, 5.41) is 12.8. The van der Waals surface area contributed by atoms with E-state index in [4.69, 9.17) is 11.6 Å². The molecular weight excluding hydrogens is 294 g/mol. The van der Waals surface area contributed by atoms with Crippen LogP contribution >= 0.6 is 23.4 Å². The molecular formula is C15H22ClNO2S. The second-order valence-corrected chi connectivity index (χ2v) is 6.65. The Morgan fingerprint density at radius 3 is 2.70 bits per heavy atom. The van der Waals surface area contributed by atoms with Crippen LogP contribution in [0.4, 0.5) is 0 Å². The number of hydrogen-bond donors (Lipinski definition) is 2. The second kappa shape index (κ2) is 9.27. The van der Waals surface area contributed by atoms with Crippen molar-refractivity contribution >= 4 is 29.3 Å². The van der Waals surface area contributed by atoms with Gasteiger partial charge in [-0.15, -0.1) is 11.8 Å². The van der Waals surface area contributed by atoms with Gasteiger partial charge in [0.05, 0.1) is 17.7 Å². The smallest absolute Gasteiger partial charge is 0.221 e. The molecule has 0 radical (unpaired) electrons. The van der Waals surface area contributed by atoms with Crippen molar-refractivity contribution in [3.63, 3.8) is 0 Å². The van der Waals surface area contributed by atoms with Crippen LogP contribution in [0.2, 0.25) is 5.02 Å². The Balaban J connectivity index is 2.31. The minimum atomic E-state index is -0.146. The monoisotopic (exact) mass is 315 g/mol. The van der Waals surface area contributed by atoms with Gasteiger partial charge < -0.3 is 10.4 Å². The number of carbonyl (C=O) groups is 1. The minimum Gasteiger partial charge on any atom is -0.394 e. The molecule has 0 aromatic heterocycles. The van der Waals surface area contributed by atoms with E-state index in [1.807, 2.05) is 24.3 Å². The van der Waals surface area contributed by atoms with Crippen molar-refractivity contribution in [1.29, 1.82) is 0 Å². The van der Waals surface area contributed by atoms with Gasteiger partial charge in [-0.05, 0) is 24.5 Å². The first-order valence-corrected chi connectivity index (χ1v) is 8.16. The molecule has 0 heterocycles. The number of aliphatic hydroxyl groups is 1. The zero-order valence-corrected chi connectivity index (χ0v) is 13.5. The van der Waals surface area contributed by atoms with E-state index >= 15 is 0 Å². The normalized spacial score (nSPS) is 12.4. The number of thioether (sulfide) groups is 1. The fraction of sp³-hybridized carbons (Fsp3) is 0.533. The fourth-order valence-corrected chi connectivity index (χ4v) is 3.05. The predicted octanol–water partition coefficient (Wildman–Crippen LogP) is 3.35. The third-order valence-corrected chi connectivity index (χ3v) is 4.28. The Morgan fingerprint density at radius 2 is 2.10 bits per heavy atom. The highest BCUT2D eigenvalue weighted by Gasteiger charge is 2.13. The maximum atomic E-state index is 11.8. The predicted molar refractivity (Wildman–Crippen MR) is 85.3 cm³/mol. The molecule has 1 aromatic rings. The lowest BCUT2D eigenvalue weighted by molar-refractivity contribution is -0.121. The Morgan fingerprint density at radius 1 is 1.40 bits per heavy atom. The van der Waals surface area contributed by atoms with E-state index in [2.05, 4.69) is 19.2 Å². The molecule has 0 aliphatic carbocycles. The summed E-state index contributed by atoms with van der Waals surface area (Å²) in [6, 6.07) is 7.46. The quantitative estimate of drug-likeness (QED) is 0.723. The average molecular weight is 316 g/mol. The van der Waals surface area contributed by atoms with Crippen molar-refractivity contribution in [3.8, 4) is 0 Å². The topological polar surface area (TPSA) is 49.3 Å². The highest BCUT2D eigenvalue weighted by Crippen LogP contribution is 2.26. The highest BCUT2D eigenvalue weighted by atomic mass is 35.5. The van der Waals surface area contributed by atoms with Crippen molar-refractivity contribution < 1.29 is 9.90 Å². The molecule has 20 heavy (non-hydrogen) atoms. The maximum absolute atomic E-state index is 11.8. The summed E-state index contributed by atoms with van der Waals surface area (Å²) in [6.07, 6.45) is 1.21. The molecule has 112 valence electrons. The van der Waals surface area contributed by atoms with Crippen LogP contribution in [0.5, 0.6) is 0 Å². The summed E-state index contributed by atoms with van der Waals surface area (Å²) in [5.74, 6) is 1.10. The van der Waals surface area contributed by atoms with Gasteiger partial charge in [0.2, 0.25) is 5.91 Å². The van der Waals surface area contributed by atoms with Crippen LogP contribution in [0, 0.1) is 5.92 Å². The van der Waals surface area contributed by atoms with Gasteiger partial charge in [0.25, 0.3) is 0 Å².